The highest BCUT2D eigenvalue weighted by Crippen LogP contribution is 2.39. The fraction of sp³-hybridized carbons (Fsp3) is 0.130. The van der Waals surface area contributed by atoms with Crippen LogP contribution in [0.1, 0.15) is 27.6 Å². The first-order valence-corrected chi connectivity index (χ1v) is 9.29. The Balaban J connectivity index is 1.70. The van der Waals surface area contributed by atoms with E-state index < -0.39 is 0 Å². The number of carbonyl (C=O) groups is 2. The lowest BCUT2D eigenvalue weighted by Crippen LogP contribution is -2.30. The summed E-state index contributed by atoms with van der Waals surface area (Å²) >= 11 is 0. The number of fused-ring (bicyclic) bond motifs is 2. The van der Waals surface area contributed by atoms with Gasteiger partial charge in [0, 0.05) is 12.1 Å². The molecule has 0 radical (unpaired) electrons. The molecular formula is C23H20N2O4. The second kappa shape index (κ2) is 7.67. The zero-order chi connectivity index (χ0) is 20.4. The number of rotatable bonds is 4. The average molecular weight is 388 g/mol. The molecule has 29 heavy (non-hydrogen) atoms. The van der Waals surface area contributed by atoms with E-state index in [1.54, 1.807) is 60.5 Å². The first kappa shape index (κ1) is 18.6. The number of nitrogens with zero attached hydrogens (tertiary/aromatic N) is 1. The van der Waals surface area contributed by atoms with Gasteiger partial charge in [-0.15, -0.1) is 0 Å². The maximum Gasteiger partial charge on any atom is 0.262 e. The molecular weight excluding hydrogens is 368 g/mol. The highest BCUT2D eigenvalue weighted by Gasteiger charge is 2.27. The van der Waals surface area contributed by atoms with E-state index in [9.17, 15) is 9.59 Å². The Labute approximate surface area is 168 Å². The molecule has 0 saturated heterocycles. The molecule has 0 atom stereocenters. The van der Waals surface area contributed by atoms with E-state index in [2.05, 4.69) is 5.32 Å². The fourth-order valence-electron chi connectivity index (χ4n) is 3.32. The second-order valence-electron chi connectivity index (χ2n) is 6.48. The molecule has 3 aromatic carbocycles. The number of para-hydroxylation sites is 3. The van der Waals surface area contributed by atoms with Crippen LogP contribution in [-0.4, -0.2) is 25.5 Å². The molecule has 0 saturated carbocycles. The van der Waals surface area contributed by atoms with Gasteiger partial charge in [-0.2, -0.15) is 0 Å². The summed E-state index contributed by atoms with van der Waals surface area (Å²) in [5.41, 5.74) is 2.03. The minimum atomic E-state index is -0.303. The highest BCUT2D eigenvalue weighted by atomic mass is 16.5. The summed E-state index contributed by atoms with van der Waals surface area (Å²) in [4.78, 5) is 27.5. The quantitative estimate of drug-likeness (QED) is 0.702. The molecule has 0 fully saturated rings. The van der Waals surface area contributed by atoms with E-state index in [1.165, 1.54) is 0 Å². The fourth-order valence-corrected chi connectivity index (χ4v) is 3.32. The molecule has 0 aromatic heterocycles. The monoisotopic (exact) mass is 388 g/mol. The van der Waals surface area contributed by atoms with E-state index >= 15 is 0 Å². The van der Waals surface area contributed by atoms with Crippen molar-refractivity contribution < 1.29 is 19.1 Å². The van der Waals surface area contributed by atoms with Crippen molar-refractivity contribution in [3.63, 3.8) is 0 Å². The molecule has 4 rings (SSSR count). The van der Waals surface area contributed by atoms with Gasteiger partial charge in [0.05, 0.1) is 24.0 Å². The number of ether oxygens (including phenoxy) is 2. The standard InChI is InChI=1S/C23H20N2O4/c1-3-25-18-14-15(22(26)24-17-9-5-7-11-20(17)28-2)12-13-21(18)29-19-10-6-4-8-16(19)23(25)27/h4-14H,3H2,1-2H3,(H,24,26). The Bertz CT molecular complexity index is 1090. The summed E-state index contributed by atoms with van der Waals surface area (Å²) < 4.78 is 11.3. The van der Waals surface area contributed by atoms with E-state index in [-0.39, 0.29) is 11.8 Å². The molecule has 146 valence electrons. The van der Waals surface area contributed by atoms with Crippen molar-refractivity contribution in [1.82, 2.24) is 0 Å². The Hall–Kier alpha value is -3.80. The molecule has 1 heterocycles. The second-order valence-corrected chi connectivity index (χ2v) is 6.48. The van der Waals surface area contributed by atoms with Crippen molar-refractivity contribution >= 4 is 23.2 Å². The van der Waals surface area contributed by atoms with E-state index in [4.69, 9.17) is 9.47 Å². The predicted octanol–water partition coefficient (Wildman–Crippen LogP) is 4.72. The molecule has 0 spiro atoms. The van der Waals surface area contributed by atoms with Crippen molar-refractivity contribution in [2.24, 2.45) is 0 Å². The predicted molar refractivity (Wildman–Crippen MR) is 111 cm³/mol. The molecule has 1 N–H and O–H groups in total. The summed E-state index contributed by atoms with van der Waals surface area (Å²) in [6.07, 6.45) is 0. The Morgan fingerprint density at radius 1 is 1.03 bits per heavy atom. The number of benzene rings is 3. The summed E-state index contributed by atoms with van der Waals surface area (Å²) in [6.45, 7) is 2.33. The Kier molecular flexibility index (Phi) is 4.91. The normalized spacial score (nSPS) is 12.3. The summed E-state index contributed by atoms with van der Waals surface area (Å²) in [7, 11) is 1.55. The summed E-state index contributed by atoms with van der Waals surface area (Å²) in [6, 6.07) is 19.4. The van der Waals surface area contributed by atoms with Gasteiger partial charge in [0.25, 0.3) is 11.8 Å². The number of carbonyl (C=O) groups excluding carboxylic acids is 2. The molecule has 6 nitrogen and oxygen atoms in total. The van der Waals surface area contributed by atoms with Gasteiger partial charge >= 0.3 is 0 Å². The average Bonchev–Trinajstić information content (AvgIpc) is 2.87. The van der Waals surface area contributed by atoms with Crippen LogP contribution >= 0.6 is 0 Å². The molecule has 3 aromatic rings. The topological polar surface area (TPSA) is 67.9 Å². The summed E-state index contributed by atoms with van der Waals surface area (Å²) in [5, 5.41) is 2.85. The van der Waals surface area contributed by atoms with Gasteiger partial charge < -0.3 is 19.7 Å². The number of hydrogen-bond donors (Lipinski definition) is 1. The van der Waals surface area contributed by atoms with Gasteiger partial charge in [0.1, 0.15) is 11.5 Å². The number of amides is 2. The van der Waals surface area contributed by atoms with Gasteiger partial charge in [-0.25, -0.2) is 0 Å². The van der Waals surface area contributed by atoms with Crippen molar-refractivity contribution in [1.29, 1.82) is 0 Å². The maximum absolute atomic E-state index is 13.0. The van der Waals surface area contributed by atoms with Crippen LogP contribution in [0.2, 0.25) is 0 Å². The van der Waals surface area contributed by atoms with Crippen molar-refractivity contribution in [3.8, 4) is 17.2 Å². The SMILES string of the molecule is CCN1C(=O)c2ccccc2Oc2ccc(C(=O)Nc3ccccc3OC)cc21. The number of nitrogens with one attached hydrogen (secondary N) is 1. The van der Waals surface area contributed by atoms with Crippen LogP contribution in [0.15, 0.2) is 66.7 Å². The maximum atomic E-state index is 13.0. The molecule has 0 bridgehead atoms. The largest absolute Gasteiger partial charge is 0.495 e. The number of methoxy groups -OCH3 is 1. The smallest absolute Gasteiger partial charge is 0.262 e. The van der Waals surface area contributed by atoms with Gasteiger partial charge in [0.2, 0.25) is 0 Å². The lowest BCUT2D eigenvalue weighted by Gasteiger charge is -2.21. The van der Waals surface area contributed by atoms with Gasteiger partial charge in [0.15, 0.2) is 5.75 Å². The Morgan fingerprint density at radius 3 is 2.59 bits per heavy atom. The molecule has 0 unspecified atom stereocenters. The van der Waals surface area contributed by atoms with Gasteiger partial charge in [-0.05, 0) is 49.4 Å². The van der Waals surface area contributed by atoms with Gasteiger partial charge in [-0.1, -0.05) is 24.3 Å². The van der Waals surface area contributed by atoms with Crippen LogP contribution < -0.4 is 19.7 Å². The lowest BCUT2D eigenvalue weighted by molar-refractivity contribution is 0.0985. The zero-order valence-corrected chi connectivity index (χ0v) is 16.1. The highest BCUT2D eigenvalue weighted by molar-refractivity contribution is 6.11. The molecule has 6 heteroatoms. The molecule has 1 aliphatic heterocycles. The first-order valence-electron chi connectivity index (χ1n) is 9.29. The molecule has 0 aliphatic carbocycles. The van der Waals surface area contributed by atoms with E-state index in [0.717, 1.165) is 0 Å². The van der Waals surface area contributed by atoms with Crippen molar-refractivity contribution in [3.05, 3.63) is 77.9 Å². The molecule has 1 aliphatic rings. The van der Waals surface area contributed by atoms with Crippen LogP contribution in [0.5, 0.6) is 17.2 Å². The number of hydrogen-bond acceptors (Lipinski definition) is 4. The minimum Gasteiger partial charge on any atom is -0.495 e. The van der Waals surface area contributed by atoms with E-state index in [0.29, 0.717) is 46.3 Å². The van der Waals surface area contributed by atoms with Crippen LogP contribution in [-0.2, 0) is 0 Å². The van der Waals surface area contributed by atoms with E-state index in [1.807, 2.05) is 25.1 Å². The van der Waals surface area contributed by atoms with Crippen molar-refractivity contribution in [2.45, 2.75) is 6.92 Å². The minimum absolute atomic E-state index is 0.163. The third kappa shape index (κ3) is 3.40. The lowest BCUT2D eigenvalue weighted by atomic mass is 10.1. The van der Waals surface area contributed by atoms with Crippen molar-refractivity contribution in [2.75, 3.05) is 23.9 Å². The van der Waals surface area contributed by atoms with Gasteiger partial charge in [-0.3, -0.25) is 9.59 Å². The zero-order valence-electron chi connectivity index (χ0n) is 16.1. The van der Waals surface area contributed by atoms with Crippen LogP contribution in [0.3, 0.4) is 0 Å². The third-order valence-corrected chi connectivity index (χ3v) is 4.77. The third-order valence-electron chi connectivity index (χ3n) is 4.77. The van der Waals surface area contributed by atoms with Crippen LogP contribution in [0.25, 0.3) is 0 Å². The first-order chi connectivity index (χ1) is 14.1. The molecule has 2 amide bonds. The van der Waals surface area contributed by atoms with Crippen LogP contribution in [0, 0.1) is 0 Å². The summed E-state index contributed by atoms with van der Waals surface area (Å²) in [5.74, 6) is 1.13. The Morgan fingerprint density at radius 2 is 1.79 bits per heavy atom. The number of anilines is 2. The van der Waals surface area contributed by atoms with Crippen LogP contribution in [0.4, 0.5) is 11.4 Å².